The summed E-state index contributed by atoms with van der Waals surface area (Å²) >= 11 is 0. The average molecular weight is 126 g/mol. The zero-order valence-electron chi connectivity index (χ0n) is 5.93. The molecule has 1 heteroatoms. The van der Waals surface area contributed by atoms with Crippen molar-refractivity contribution in [3.8, 4) is 0 Å². The fraction of sp³-hybridized carbons (Fsp3) is 0.750. The molecule has 0 aromatic carbocycles. The van der Waals surface area contributed by atoms with Crippen LogP contribution in [0, 0.1) is 5.92 Å². The minimum atomic E-state index is 0.495. The van der Waals surface area contributed by atoms with Crippen LogP contribution in [0.25, 0.3) is 0 Å². The topological polar surface area (TPSA) is 20.2 Å². The van der Waals surface area contributed by atoms with Gasteiger partial charge in [0.05, 0.1) is 5.76 Å². The highest BCUT2D eigenvalue weighted by molar-refractivity contribution is 5.03. The zero-order chi connectivity index (χ0) is 6.69. The third-order valence-electron chi connectivity index (χ3n) is 1.92. The first-order valence-electron chi connectivity index (χ1n) is 3.73. The molecule has 0 saturated carbocycles. The van der Waals surface area contributed by atoms with E-state index in [9.17, 15) is 5.11 Å². The van der Waals surface area contributed by atoms with Gasteiger partial charge >= 0.3 is 0 Å². The van der Waals surface area contributed by atoms with Crippen molar-refractivity contribution in [2.45, 2.75) is 32.6 Å². The van der Waals surface area contributed by atoms with Crippen molar-refractivity contribution in [2.75, 3.05) is 0 Å². The fourth-order valence-electron chi connectivity index (χ4n) is 1.39. The number of rotatable bonds is 2. The van der Waals surface area contributed by atoms with Crippen molar-refractivity contribution in [3.63, 3.8) is 0 Å². The lowest BCUT2D eigenvalue weighted by molar-refractivity contribution is 0.326. The van der Waals surface area contributed by atoms with E-state index in [0.717, 1.165) is 12.8 Å². The Kier molecular flexibility index (Phi) is 2.15. The largest absolute Gasteiger partial charge is 0.512 e. The average Bonchev–Trinajstić information content (AvgIpc) is 2.18. The standard InChI is InChI=1S/C8H14O/c1-2-4-7-5-3-6-8(7)9/h6-7,9H,2-5H2,1H3. The van der Waals surface area contributed by atoms with Gasteiger partial charge < -0.3 is 5.11 Å². The molecule has 1 aliphatic rings. The summed E-state index contributed by atoms with van der Waals surface area (Å²) in [5, 5.41) is 9.18. The molecule has 0 spiro atoms. The van der Waals surface area contributed by atoms with Crippen molar-refractivity contribution in [1.29, 1.82) is 0 Å². The van der Waals surface area contributed by atoms with E-state index < -0.39 is 0 Å². The molecule has 1 aliphatic carbocycles. The Hall–Kier alpha value is -0.460. The van der Waals surface area contributed by atoms with E-state index in [2.05, 4.69) is 6.92 Å². The van der Waals surface area contributed by atoms with E-state index in [1.165, 1.54) is 12.8 Å². The Labute approximate surface area is 56.4 Å². The molecule has 1 unspecified atom stereocenters. The third-order valence-corrected chi connectivity index (χ3v) is 1.92. The summed E-state index contributed by atoms with van der Waals surface area (Å²) in [5.41, 5.74) is 0. The molecule has 0 bridgehead atoms. The second-order valence-electron chi connectivity index (χ2n) is 2.69. The van der Waals surface area contributed by atoms with Crippen molar-refractivity contribution in [3.05, 3.63) is 11.8 Å². The van der Waals surface area contributed by atoms with E-state index in [1.54, 1.807) is 0 Å². The van der Waals surface area contributed by atoms with E-state index >= 15 is 0 Å². The van der Waals surface area contributed by atoms with Crippen LogP contribution in [0.15, 0.2) is 11.8 Å². The summed E-state index contributed by atoms with van der Waals surface area (Å²) in [4.78, 5) is 0. The Morgan fingerprint density at radius 1 is 1.78 bits per heavy atom. The van der Waals surface area contributed by atoms with Gasteiger partial charge in [0.15, 0.2) is 0 Å². The third kappa shape index (κ3) is 1.47. The number of hydrogen-bond donors (Lipinski definition) is 1. The molecule has 1 rings (SSSR count). The quantitative estimate of drug-likeness (QED) is 0.603. The highest BCUT2D eigenvalue weighted by Crippen LogP contribution is 2.27. The molecule has 9 heavy (non-hydrogen) atoms. The molecule has 52 valence electrons. The van der Waals surface area contributed by atoms with Crippen LogP contribution in [-0.4, -0.2) is 5.11 Å². The van der Waals surface area contributed by atoms with E-state index in [1.807, 2.05) is 6.08 Å². The van der Waals surface area contributed by atoms with Crippen LogP contribution in [0.2, 0.25) is 0 Å². The van der Waals surface area contributed by atoms with Gasteiger partial charge in [-0.3, -0.25) is 0 Å². The summed E-state index contributed by atoms with van der Waals surface area (Å²) in [5.74, 6) is 1.13. The van der Waals surface area contributed by atoms with E-state index in [4.69, 9.17) is 0 Å². The maximum atomic E-state index is 9.18. The molecule has 1 nitrogen and oxygen atoms in total. The van der Waals surface area contributed by atoms with Crippen molar-refractivity contribution in [1.82, 2.24) is 0 Å². The lowest BCUT2D eigenvalue weighted by atomic mass is 10.0. The number of aliphatic hydroxyl groups excluding tert-OH is 1. The second kappa shape index (κ2) is 2.90. The first kappa shape index (κ1) is 6.66. The summed E-state index contributed by atoms with van der Waals surface area (Å²) < 4.78 is 0. The Morgan fingerprint density at radius 2 is 2.56 bits per heavy atom. The predicted octanol–water partition coefficient (Wildman–Crippen LogP) is 2.64. The van der Waals surface area contributed by atoms with Crippen LogP contribution in [0.3, 0.4) is 0 Å². The normalized spacial score (nSPS) is 26.3. The molecular weight excluding hydrogens is 112 g/mol. The van der Waals surface area contributed by atoms with Gasteiger partial charge in [0, 0.05) is 5.92 Å². The van der Waals surface area contributed by atoms with Gasteiger partial charge in [-0.05, 0) is 25.3 Å². The summed E-state index contributed by atoms with van der Waals surface area (Å²) in [7, 11) is 0. The lowest BCUT2D eigenvalue weighted by Gasteiger charge is -2.06. The smallest absolute Gasteiger partial charge is 0.0913 e. The van der Waals surface area contributed by atoms with Gasteiger partial charge in [-0.2, -0.15) is 0 Å². The second-order valence-corrected chi connectivity index (χ2v) is 2.69. The van der Waals surface area contributed by atoms with Gasteiger partial charge in [0.1, 0.15) is 0 Å². The SMILES string of the molecule is CCCC1CCC=C1O. The Bertz CT molecular complexity index is 116. The van der Waals surface area contributed by atoms with E-state index in [-0.39, 0.29) is 0 Å². The van der Waals surface area contributed by atoms with Gasteiger partial charge in [-0.1, -0.05) is 13.3 Å². The summed E-state index contributed by atoms with van der Waals surface area (Å²) in [6.45, 7) is 2.16. The van der Waals surface area contributed by atoms with Gasteiger partial charge in [0.25, 0.3) is 0 Å². The first-order chi connectivity index (χ1) is 4.34. The maximum Gasteiger partial charge on any atom is 0.0913 e. The van der Waals surface area contributed by atoms with Crippen LogP contribution >= 0.6 is 0 Å². The lowest BCUT2D eigenvalue weighted by Crippen LogP contribution is -1.96. The number of allylic oxidation sites excluding steroid dienone is 2. The molecule has 0 fully saturated rings. The monoisotopic (exact) mass is 126 g/mol. The number of hydrogen-bond acceptors (Lipinski definition) is 1. The molecule has 0 amide bonds. The molecule has 1 atom stereocenters. The van der Waals surface area contributed by atoms with Crippen LogP contribution in [0.1, 0.15) is 32.6 Å². The van der Waals surface area contributed by atoms with Crippen molar-refractivity contribution >= 4 is 0 Å². The van der Waals surface area contributed by atoms with Crippen LogP contribution in [-0.2, 0) is 0 Å². The van der Waals surface area contributed by atoms with Crippen LogP contribution in [0.4, 0.5) is 0 Å². The minimum absolute atomic E-state index is 0.495. The van der Waals surface area contributed by atoms with Crippen molar-refractivity contribution < 1.29 is 5.11 Å². The highest BCUT2D eigenvalue weighted by Gasteiger charge is 2.16. The molecule has 0 aromatic rings. The molecule has 0 aliphatic heterocycles. The highest BCUT2D eigenvalue weighted by atomic mass is 16.3. The summed E-state index contributed by atoms with van der Waals surface area (Å²) in [6, 6.07) is 0. The van der Waals surface area contributed by atoms with Gasteiger partial charge in [0.2, 0.25) is 0 Å². The molecule has 0 aromatic heterocycles. The minimum Gasteiger partial charge on any atom is -0.512 e. The molecule has 0 saturated heterocycles. The molecule has 0 radical (unpaired) electrons. The summed E-state index contributed by atoms with van der Waals surface area (Å²) in [6.07, 6.45) is 6.53. The van der Waals surface area contributed by atoms with Crippen LogP contribution < -0.4 is 0 Å². The maximum absolute atomic E-state index is 9.18. The van der Waals surface area contributed by atoms with Gasteiger partial charge in [-0.15, -0.1) is 0 Å². The van der Waals surface area contributed by atoms with Gasteiger partial charge in [-0.25, -0.2) is 0 Å². The zero-order valence-corrected chi connectivity index (χ0v) is 5.93. The molecule has 0 heterocycles. The Morgan fingerprint density at radius 3 is 3.00 bits per heavy atom. The molecular formula is C8H14O. The first-order valence-corrected chi connectivity index (χ1v) is 3.73. The molecule has 1 N–H and O–H groups in total. The van der Waals surface area contributed by atoms with Crippen LogP contribution in [0.5, 0.6) is 0 Å². The van der Waals surface area contributed by atoms with Crippen molar-refractivity contribution in [2.24, 2.45) is 5.92 Å². The number of aliphatic hydroxyl groups is 1. The van der Waals surface area contributed by atoms with E-state index in [0.29, 0.717) is 11.7 Å². The Balaban J connectivity index is 2.34. The predicted molar refractivity (Wildman–Crippen MR) is 38.3 cm³/mol. The fourth-order valence-corrected chi connectivity index (χ4v) is 1.39.